The third-order valence-electron chi connectivity index (χ3n) is 8.25. The molecule has 0 radical (unpaired) electrons. The van der Waals surface area contributed by atoms with Gasteiger partial charge in [-0.3, -0.25) is 0 Å². The standard InChI is InChI=1S/C34H35N6/c1-18-14-22-21-12-10-11-13-24(21)40-25-16-20(30-36-31(33(3,4)5)38-32(37-30)34(6,7)8)15-23-27(25)29(39(9)17-35-23)26(19(18)2)28(22)40/h10-17H,1-9H3/q+1. The second kappa shape index (κ2) is 7.94. The molecule has 0 spiro atoms. The van der Waals surface area contributed by atoms with Crippen LogP contribution in [0.25, 0.3) is 60.5 Å². The summed E-state index contributed by atoms with van der Waals surface area (Å²) in [6.07, 6.45) is 1.94. The summed E-state index contributed by atoms with van der Waals surface area (Å²) < 4.78 is 4.61. The fourth-order valence-electron chi connectivity index (χ4n) is 6.02. The summed E-state index contributed by atoms with van der Waals surface area (Å²) in [5.41, 5.74) is 8.83. The predicted molar refractivity (Wildman–Crippen MR) is 163 cm³/mol. The quantitative estimate of drug-likeness (QED) is 0.128. The Kier molecular flexibility index (Phi) is 4.92. The average Bonchev–Trinajstić information content (AvgIpc) is 3.22. The maximum atomic E-state index is 5.03. The van der Waals surface area contributed by atoms with E-state index in [9.17, 15) is 0 Å². The van der Waals surface area contributed by atoms with Crippen molar-refractivity contribution < 1.29 is 4.57 Å². The molecular formula is C34H35N6+. The van der Waals surface area contributed by atoms with Crippen LogP contribution >= 0.6 is 0 Å². The highest BCUT2D eigenvalue weighted by Gasteiger charge is 2.28. The van der Waals surface area contributed by atoms with Crippen molar-refractivity contribution in [2.24, 2.45) is 7.05 Å². The lowest BCUT2D eigenvalue weighted by Crippen LogP contribution is -2.30. The van der Waals surface area contributed by atoms with Gasteiger partial charge in [0.05, 0.1) is 34.4 Å². The smallest absolute Gasteiger partial charge is 0.287 e. The highest BCUT2D eigenvalue weighted by molar-refractivity contribution is 6.26. The van der Waals surface area contributed by atoms with E-state index in [1.54, 1.807) is 0 Å². The molecule has 0 amide bonds. The highest BCUT2D eigenvalue weighted by Crippen LogP contribution is 2.42. The van der Waals surface area contributed by atoms with Gasteiger partial charge < -0.3 is 4.40 Å². The molecule has 40 heavy (non-hydrogen) atoms. The number of pyridine rings is 1. The maximum Gasteiger partial charge on any atom is 0.287 e. The first-order valence-electron chi connectivity index (χ1n) is 14.0. The van der Waals surface area contributed by atoms with Gasteiger partial charge in [-0.15, -0.1) is 0 Å². The Morgan fingerprint density at radius 1 is 0.750 bits per heavy atom. The van der Waals surface area contributed by atoms with E-state index < -0.39 is 0 Å². The van der Waals surface area contributed by atoms with Gasteiger partial charge in [-0.2, -0.15) is 0 Å². The van der Waals surface area contributed by atoms with Crippen LogP contribution in [-0.2, 0) is 17.9 Å². The van der Waals surface area contributed by atoms with Gasteiger partial charge in [-0.1, -0.05) is 59.7 Å². The first-order valence-corrected chi connectivity index (χ1v) is 14.0. The van der Waals surface area contributed by atoms with Gasteiger partial charge >= 0.3 is 0 Å². The van der Waals surface area contributed by atoms with Crippen LogP contribution in [0.1, 0.15) is 64.3 Å². The molecule has 7 aromatic rings. The molecule has 7 rings (SSSR count). The van der Waals surface area contributed by atoms with E-state index in [1.165, 1.54) is 43.8 Å². The number of para-hydroxylation sites is 1. The summed E-state index contributed by atoms with van der Waals surface area (Å²) in [7, 11) is 2.10. The first kappa shape index (κ1) is 24.8. The summed E-state index contributed by atoms with van der Waals surface area (Å²) in [6, 6.07) is 15.5. The van der Waals surface area contributed by atoms with Crippen LogP contribution in [0.15, 0.2) is 48.8 Å². The molecule has 0 atom stereocenters. The molecule has 0 saturated heterocycles. The van der Waals surface area contributed by atoms with Crippen LogP contribution < -0.4 is 4.57 Å². The van der Waals surface area contributed by atoms with Crippen LogP contribution in [0.3, 0.4) is 0 Å². The number of benzene rings is 3. The summed E-state index contributed by atoms with van der Waals surface area (Å²) in [6.45, 7) is 17.4. The molecule has 0 N–H and O–H groups in total. The number of hydrogen-bond donors (Lipinski definition) is 0. The molecular weight excluding hydrogens is 492 g/mol. The second-order valence-corrected chi connectivity index (χ2v) is 13.3. The lowest BCUT2D eigenvalue weighted by molar-refractivity contribution is -0.646. The van der Waals surface area contributed by atoms with Crippen molar-refractivity contribution in [3.63, 3.8) is 0 Å². The Balaban J connectivity index is 1.71. The van der Waals surface area contributed by atoms with Crippen LogP contribution in [-0.4, -0.2) is 24.3 Å². The summed E-state index contributed by atoms with van der Waals surface area (Å²) in [4.78, 5) is 19.9. The number of fused-ring (bicyclic) bond motifs is 5. The minimum Gasteiger partial charge on any atom is -0.308 e. The van der Waals surface area contributed by atoms with Crippen molar-refractivity contribution in [3.8, 4) is 11.4 Å². The number of nitrogens with zero attached hydrogens (tertiary/aromatic N) is 6. The molecule has 0 bridgehead atoms. The van der Waals surface area contributed by atoms with Crippen molar-refractivity contribution >= 4 is 49.1 Å². The summed E-state index contributed by atoms with van der Waals surface area (Å²) >= 11 is 0. The van der Waals surface area contributed by atoms with E-state index in [0.29, 0.717) is 5.82 Å². The van der Waals surface area contributed by atoms with Gasteiger partial charge in [0.1, 0.15) is 17.2 Å². The number of hydrogen-bond acceptors (Lipinski definition) is 4. The Morgan fingerprint density at radius 2 is 1.43 bits per heavy atom. The fourth-order valence-corrected chi connectivity index (χ4v) is 6.02. The monoisotopic (exact) mass is 527 g/mol. The molecule has 4 aromatic heterocycles. The average molecular weight is 528 g/mol. The summed E-state index contributed by atoms with van der Waals surface area (Å²) in [5, 5.41) is 4.97. The Bertz CT molecular complexity index is 2120. The summed E-state index contributed by atoms with van der Waals surface area (Å²) in [5.74, 6) is 2.29. The molecule has 0 aliphatic carbocycles. The molecule has 0 unspecified atom stereocenters. The number of rotatable bonds is 1. The van der Waals surface area contributed by atoms with Gasteiger partial charge in [0, 0.05) is 33.2 Å². The van der Waals surface area contributed by atoms with Crippen LogP contribution in [0.2, 0.25) is 0 Å². The van der Waals surface area contributed by atoms with E-state index in [1.807, 2.05) is 6.33 Å². The zero-order valence-corrected chi connectivity index (χ0v) is 24.8. The maximum absolute atomic E-state index is 5.03. The van der Waals surface area contributed by atoms with E-state index in [-0.39, 0.29) is 10.8 Å². The van der Waals surface area contributed by atoms with Gasteiger partial charge in [0.15, 0.2) is 11.3 Å². The van der Waals surface area contributed by atoms with Gasteiger partial charge in [-0.05, 0) is 48.2 Å². The van der Waals surface area contributed by atoms with Crippen LogP contribution in [0.5, 0.6) is 0 Å². The van der Waals surface area contributed by atoms with E-state index in [4.69, 9.17) is 19.9 Å². The van der Waals surface area contributed by atoms with E-state index in [0.717, 1.165) is 33.6 Å². The highest BCUT2D eigenvalue weighted by atomic mass is 15.1. The van der Waals surface area contributed by atoms with Gasteiger partial charge in [-0.25, -0.2) is 19.5 Å². The molecule has 0 saturated carbocycles. The molecule has 0 aliphatic heterocycles. The second-order valence-electron chi connectivity index (χ2n) is 13.3. The first-order chi connectivity index (χ1) is 18.8. The van der Waals surface area contributed by atoms with Crippen molar-refractivity contribution in [2.75, 3.05) is 0 Å². The van der Waals surface area contributed by atoms with Gasteiger partial charge in [0.2, 0.25) is 0 Å². The minimum atomic E-state index is -0.209. The number of aromatic nitrogens is 6. The molecule has 0 fully saturated rings. The molecule has 4 heterocycles. The van der Waals surface area contributed by atoms with E-state index in [2.05, 4.69) is 114 Å². The van der Waals surface area contributed by atoms with Crippen molar-refractivity contribution in [1.82, 2.24) is 24.3 Å². The molecule has 3 aromatic carbocycles. The van der Waals surface area contributed by atoms with Crippen LogP contribution in [0, 0.1) is 13.8 Å². The Morgan fingerprint density at radius 3 is 2.10 bits per heavy atom. The van der Waals surface area contributed by atoms with Crippen molar-refractivity contribution in [1.29, 1.82) is 0 Å². The normalized spacial score (nSPS) is 13.1. The predicted octanol–water partition coefficient (Wildman–Crippen LogP) is 7.27. The zero-order chi connectivity index (χ0) is 28.3. The molecule has 200 valence electrons. The van der Waals surface area contributed by atoms with Crippen molar-refractivity contribution in [2.45, 2.75) is 66.2 Å². The van der Waals surface area contributed by atoms with Crippen molar-refractivity contribution in [3.05, 3.63) is 71.6 Å². The Labute approximate surface area is 234 Å². The minimum absolute atomic E-state index is 0.209. The molecule has 6 nitrogen and oxygen atoms in total. The zero-order valence-electron chi connectivity index (χ0n) is 24.8. The molecule has 6 heteroatoms. The lowest BCUT2D eigenvalue weighted by Gasteiger charge is -2.23. The fraction of sp³-hybridized carbons (Fsp3) is 0.324. The largest absolute Gasteiger partial charge is 0.308 e. The SMILES string of the molecule is Cc1cc2c3ccccc3n3c4cc(-c5nc(C(C)(C)C)nc(C(C)(C)C)n5)cc5nc[n+](C)c(c(c1C)c23)c54. The Hall–Kier alpha value is -4.19. The van der Waals surface area contributed by atoms with Crippen LogP contribution in [0.4, 0.5) is 0 Å². The third kappa shape index (κ3) is 3.38. The van der Waals surface area contributed by atoms with Gasteiger partial charge in [0.25, 0.3) is 6.33 Å². The lowest BCUT2D eigenvalue weighted by atomic mass is 9.92. The van der Waals surface area contributed by atoms with E-state index >= 15 is 0 Å². The number of aryl methyl sites for hydroxylation is 3. The third-order valence-corrected chi connectivity index (χ3v) is 8.25. The topological polar surface area (TPSA) is 59.9 Å². The molecule has 0 aliphatic rings.